The molecule has 138 valence electrons. The van der Waals surface area contributed by atoms with Gasteiger partial charge in [-0.2, -0.15) is 0 Å². The van der Waals surface area contributed by atoms with Crippen molar-refractivity contribution in [1.82, 2.24) is 9.80 Å². The second kappa shape index (κ2) is 8.19. The van der Waals surface area contributed by atoms with Gasteiger partial charge in [0.05, 0.1) is 24.9 Å². The minimum atomic E-state index is 0.0875. The van der Waals surface area contributed by atoms with E-state index in [-0.39, 0.29) is 5.91 Å². The highest BCUT2D eigenvalue weighted by atomic mass is 16.5. The Morgan fingerprint density at radius 2 is 1.80 bits per heavy atom. The molecule has 0 radical (unpaired) electrons. The number of rotatable bonds is 4. The number of piperidine rings is 1. The molecule has 5 heteroatoms. The predicted octanol–water partition coefficient (Wildman–Crippen LogP) is 2.66. The zero-order chi connectivity index (χ0) is 17.8. The van der Waals surface area contributed by atoms with Crippen molar-refractivity contribution in [1.29, 1.82) is 0 Å². The van der Waals surface area contributed by atoms with Crippen molar-refractivity contribution in [2.24, 2.45) is 5.92 Å². The van der Waals surface area contributed by atoms with Crippen LogP contribution in [0.1, 0.15) is 37.0 Å². The number of ether oxygens (including phenoxy) is 2. The fourth-order valence-corrected chi connectivity index (χ4v) is 4.11. The number of carbonyl (C=O) groups excluding carboxylic acids is 1. The molecule has 0 spiro atoms. The van der Waals surface area contributed by atoms with Crippen LogP contribution in [0.4, 0.5) is 0 Å². The summed E-state index contributed by atoms with van der Waals surface area (Å²) < 4.78 is 11.2. The molecule has 0 aromatic heterocycles. The first kappa shape index (κ1) is 18.2. The van der Waals surface area contributed by atoms with Crippen LogP contribution in [0.3, 0.4) is 0 Å². The van der Waals surface area contributed by atoms with Crippen LogP contribution in [0.25, 0.3) is 0 Å². The van der Waals surface area contributed by atoms with E-state index in [1.807, 2.05) is 29.2 Å². The first-order chi connectivity index (χ1) is 12.1. The maximum atomic E-state index is 12.8. The fraction of sp³-hybridized carbons (Fsp3) is 0.650. The van der Waals surface area contributed by atoms with Crippen molar-refractivity contribution >= 4 is 5.91 Å². The molecular weight excluding hydrogens is 316 g/mol. The van der Waals surface area contributed by atoms with E-state index >= 15 is 0 Å². The molecule has 5 nitrogen and oxygen atoms in total. The van der Waals surface area contributed by atoms with Gasteiger partial charge in [-0.05, 0) is 44.7 Å². The summed E-state index contributed by atoms with van der Waals surface area (Å²) in [4.78, 5) is 17.3. The van der Waals surface area contributed by atoms with Crippen molar-refractivity contribution in [2.75, 3.05) is 39.8 Å². The number of morpholine rings is 1. The average Bonchev–Trinajstić information content (AvgIpc) is 2.61. The number of para-hydroxylation sites is 1. The van der Waals surface area contributed by atoms with Crippen LogP contribution >= 0.6 is 0 Å². The molecule has 0 aliphatic carbocycles. The van der Waals surface area contributed by atoms with Crippen LogP contribution in [0.15, 0.2) is 24.3 Å². The highest BCUT2D eigenvalue weighted by molar-refractivity contribution is 5.97. The summed E-state index contributed by atoms with van der Waals surface area (Å²) in [6.45, 7) is 9.12. The molecule has 0 saturated carbocycles. The summed E-state index contributed by atoms with van der Waals surface area (Å²) in [5.41, 5.74) is 0.666. The third-order valence-corrected chi connectivity index (χ3v) is 5.25. The van der Waals surface area contributed by atoms with Gasteiger partial charge in [0, 0.05) is 32.7 Å². The molecule has 0 bridgehead atoms. The van der Waals surface area contributed by atoms with Gasteiger partial charge in [0.15, 0.2) is 0 Å². The zero-order valence-electron chi connectivity index (χ0n) is 15.6. The monoisotopic (exact) mass is 346 g/mol. The zero-order valence-corrected chi connectivity index (χ0v) is 15.6. The van der Waals surface area contributed by atoms with E-state index in [0.29, 0.717) is 29.4 Å². The number of amides is 1. The second-order valence-corrected chi connectivity index (χ2v) is 7.41. The lowest BCUT2D eigenvalue weighted by Gasteiger charge is -2.39. The lowest BCUT2D eigenvalue weighted by molar-refractivity contribution is -0.0728. The van der Waals surface area contributed by atoms with Crippen LogP contribution in [0.5, 0.6) is 5.75 Å². The van der Waals surface area contributed by atoms with Crippen LogP contribution in [-0.4, -0.2) is 67.7 Å². The Morgan fingerprint density at radius 1 is 1.16 bits per heavy atom. The smallest absolute Gasteiger partial charge is 0.257 e. The number of hydrogen-bond acceptors (Lipinski definition) is 4. The molecule has 25 heavy (non-hydrogen) atoms. The van der Waals surface area contributed by atoms with Gasteiger partial charge >= 0.3 is 0 Å². The molecule has 0 unspecified atom stereocenters. The van der Waals surface area contributed by atoms with Crippen LogP contribution in [0.2, 0.25) is 0 Å². The van der Waals surface area contributed by atoms with Crippen LogP contribution < -0.4 is 4.74 Å². The Labute approximate surface area is 150 Å². The number of hydrogen-bond donors (Lipinski definition) is 0. The number of likely N-dealkylation sites (tertiary alicyclic amines) is 1. The van der Waals surface area contributed by atoms with E-state index in [1.165, 1.54) is 0 Å². The second-order valence-electron chi connectivity index (χ2n) is 7.41. The standard InChI is InChI=1S/C20H30N2O3/c1-15-12-21(13-16(2)25-15)14-17-8-10-22(11-9-17)20(23)18-6-4-5-7-19(18)24-3/h4-7,15-17H,8-14H2,1-3H3/t15-,16-/m0/s1. The van der Waals surface area contributed by atoms with Gasteiger partial charge in [-0.25, -0.2) is 0 Å². The molecular formula is C20H30N2O3. The molecule has 1 aromatic rings. The van der Waals surface area contributed by atoms with E-state index < -0.39 is 0 Å². The summed E-state index contributed by atoms with van der Waals surface area (Å²) in [7, 11) is 1.61. The fourth-order valence-electron chi connectivity index (χ4n) is 4.11. The lowest BCUT2D eigenvalue weighted by Crippen LogP contribution is -2.48. The molecule has 2 saturated heterocycles. The summed E-state index contributed by atoms with van der Waals surface area (Å²) in [6.07, 6.45) is 2.77. The highest BCUT2D eigenvalue weighted by Crippen LogP contribution is 2.25. The number of nitrogens with zero attached hydrogens (tertiary/aromatic N) is 2. The Kier molecular flexibility index (Phi) is 5.97. The SMILES string of the molecule is COc1ccccc1C(=O)N1CCC(CN2C[C@H](C)O[C@@H](C)C2)CC1. The maximum Gasteiger partial charge on any atom is 0.257 e. The number of carbonyl (C=O) groups is 1. The lowest BCUT2D eigenvalue weighted by atomic mass is 9.95. The molecule has 2 aliphatic rings. The molecule has 2 heterocycles. The van der Waals surface area contributed by atoms with E-state index in [9.17, 15) is 4.79 Å². The van der Waals surface area contributed by atoms with Gasteiger partial charge in [0.2, 0.25) is 0 Å². The van der Waals surface area contributed by atoms with Crippen molar-refractivity contribution in [3.63, 3.8) is 0 Å². The molecule has 0 N–H and O–H groups in total. The summed E-state index contributed by atoms with van der Waals surface area (Å²) in [5, 5.41) is 0. The Hall–Kier alpha value is -1.59. The maximum absolute atomic E-state index is 12.8. The third kappa shape index (κ3) is 4.53. The van der Waals surface area contributed by atoms with Crippen molar-refractivity contribution in [3.05, 3.63) is 29.8 Å². The van der Waals surface area contributed by atoms with Crippen molar-refractivity contribution < 1.29 is 14.3 Å². The van der Waals surface area contributed by atoms with Gasteiger partial charge in [0.25, 0.3) is 5.91 Å². The molecule has 1 aromatic carbocycles. The number of methoxy groups -OCH3 is 1. The molecule has 1 amide bonds. The Bertz CT molecular complexity index is 574. The first-order valence-electron chi connectivity index (χ1n) is 9.37. The summed E-state index contributed by atoms with van der Waals surface area (Å²) in [5.74, 6) is 1.41. The van der Waals surface area contributed by atoms with E-state index in [4.69, 9.17) is 9.47 Å². The molecule has 2 aliphatic heterocycles. The van der Waals surface area contributed by atoms with Crippen LogP contribution in [-0.2, 0) is 4.74 Å². The molecule has 2 atom stereocenters. The first-order valence-corrected chi connectivity index (χ1v) is 9.37. The predicted molar refractivity (Wildman–Crippen MR) is 98.1 cm³/mol. The van der Waals surface area contributed by atoms with E-state index in [2.05, 4.69) is 18.7 Å². The summed E-state index contributed by atoms with van der Waals surface area (Å²) >= 11 is 0. The molecule has 2 fully saturated rings. The quantitative estimate of drug-likeness (QED) is 0.841. The average molecular weight is 346 g/mol. The van der Waals surface area contributed by atoms with Gasteiger partial charge in [-0.1, -0.05) is 12.1 Å². The minimum Gasteiger partial charge on any atom is -0.496 e. The van der Waals surface area contributed by atoms with Gasteiger partial charge in [-0.3, -0.25) is 9.69 Å². The van der Waals surface area contributed by atoms with Crippen molar-refractivity contribution in [2.45, 2.75) is 38.9 Å². The Morgan fingerprint density at radius 3 is 2.44 bits per heavy atom. The normalized spacial score (nSPS) is 25.8. The Balaban J connectivity index is 1.52. The van der Waals surface area contributed by atoms with Crippen LogP contribution in [0, 0.1) is 5.92 Å². The van der Waals surface area contributed by atoms with Crippen molar-refractivity contribution in [3.8, 4) is 5.75 Å². The van der Waals surface area contributed by atoms with Gasteiger partial charge in [0.1, 0.15) is 5.75 Å². The molecule has 3 rings (SSSR count). The minimum absolute atomic E-state index is 0.0875. The topological polar surface area (TPSA) is 42.0 Å². The summed E-state index contributed by atoms with van der Waals surface area (Å²) in [6, 6.07) is 7.49. The third-order valence-electron chi connectivity index (χ3n) is 5.25. The van der Waals surface area contributed by atoms with Gasteiger partial charge < -0.3 is 14.4 Å². The van der Waals surface area contributed by atoms with E-state index in [1.54, 1.807) is 7.11 Å². The highest BCUT2D eigenvalue weighted by Gasteiger charge is 2.28. The van der Waals surface area contributed by atoms with Gasteiger partial charge in [-0.15, -0.1) is 0 Å². The van der Waals surface area contributed by atoms with E-state index in [0.717, 1.165) is 45.6 Å². The number of benzene rings is 1. The largest absolute Gasteiger partial charge is 0.496 e.